The second-order valence-electron chi connectivity index (χ2n) is 28.4. The van der Waals surface area contributed by atoms with Crippen LogP contribution in [0.5, 0.6) is 11.5 Å². The normalized spacial score (nSPS) is 16.2. The molecule has 3 heterocycles. The van der Waals surface area contributed by atoms with E-state index < -0.39 is 10.8 Å². The first-order valence-electron chi connectivity index (χ1n) is 32.8. The van der Waals surface area contributed by atoms with Gasteiger partial charge >= 0.3 is 0 Å². The van der Waals surface area contributed by atoms with E-state index in [1.165, 1.54) is 16.7 Å². The average Bonchev–Trinajstić information content (AvgIpc) is 1.68. The van der Waals surface area contributed by atoms with E-state index >= 15 is 0 Å². The molecular formula is C78H81N4OPt-3. The fraction of sp³-hybridized carbons (Fsp3) is 0.308. The first-order chi connectivity index (χ1) is 42.1. The van der Waals surface area contributed by atoms with Crippen LogP contribution < -0.4 is 14.5 Å². The van der Waals surface area contributed by atoms with Gasteiger partial charge in [-0.05, 0) is 149 Å². The van der Waals surface area contributed by atoms with Crippen molar-refractivity contribution in [2.24, 2.45) is 0 Å². The van der Waals surface area contributed by atoms with E-state index in [-0.39, 0.29) is 79.0 Å². The van der Waals surface area contributed by atoms with Crippen LogP contribution in [0.15, 0.2) is 170 Å². The standard InChI is InChI=1S/C78H81N4O.Pt/c1-73(2,3)53-33-35-59(65(45-53)76(10,11)12)50-28-30-51(31-29-50)62-43-55(75(7,8)9)44-63(52-32-37-64-66(42-52)78(15,16)40-39-77(64,13)14)72(62)81-49-80(68-26-19-20-27-69(68)81)56-22-21-23-57(47-56)83-58-34-36-61-60-24-17-18-25-67(60)82(70(61)48-58)71-46-54(38-41-79-71)74(4,5)6;/h17-38,41-46,49H,39-40H2,1-16H3;/q-3;/i17D,18D,24D,25D,32D,37D,42D;. The summed E-state index contributed by atoms with van der Waals surface area (Å²) in [6, 6.07) is 48.3. The molecule has 0 radical (unpaired) electrons. The Bertz CT molecular complexity index is 4570. The SMILES string of the molecule is [2H]c1c([2H])c2c(c([2H])c1-c1cc(C(C)(C)C)cc(-c3ccc(-c4ccc(C(C)(C)C)cc4C(C)(C)C)cc3)c1N1[CH-]N(c3[c-]c(Oc4[c-]c5c(cc4)c4c([2H])c([2H])c([2H])c([2H])c4n5-c4cc(C(C)(C)C)ccn4)ccc3)c3ccccc31)C(C)(C)CCC2(C)C.[Pt]. The van der Waals surface area contributed by atoms with Gasteiger partial charge in [0, 0.05) is 72.5 Å². The Morgan fingerprint density at radius 2 is 1.14 bits per heavy atom. The predicted octanol–water partition coefficient (Wildman–Crippen LogP) is 21.5. The van der Waals surface area contributed by atoms with E-state index in [2.05, 4.69) is 206 Å². The van der Waals surface area contributed by atoms with Gasteiger partial charge in [0.2, 0.25) is 0 Å². The minimum absolute atomic E-state index is 0. The molecule has 8 aromatic carbocycles. The molecule has 0 spiro atoms. The molecule has 0 bridgehead atoms. The maximum atomic E-state index is 10.5. The van der Waals surface area contributed by atoms with Gasteiger partial charge in [-0.1, -0.05) is 207 Å². The molecule has 1 aliphatic carbocycles. The molecule has 2 aliphatic rings. The first kappa shape index (κ1) is 50.2. The second-order valence-corrected chi connectivity index (χ2v) is 28.4. The molecular weight excluding hydrogens is 1200 g/mol. The summed E-state index contributed by atoms with van der Waals surface area (Å²) >= 11 is 0. The van der Waals surface area contributed by atoms with Gasteiger partial charge in [0.15, 0.2) is 0 Å². The summed E-state index contributed by atoms with van der Waals surface area (Å²) in [5.41, 5.74) is 14.0. The molecule has 1 aliphatic heterocycles. The van der Waals surface area contributed by atoms with Crippen molar-refractivity contribution in [3.8, 4) is 50.7 Å². The second kappa shape index (κ2) is 21.1. The summed E-state index contributed by atoms with van der Waals surface area (Å²) in [5, 5.41) is 0.949. The van der Waals surface area contributed by atoms with Crippen LogP contribution >= 0.6 is 0 Å². The Labute approximate surface area is 525 Å². The Morgan fingerprint density at radius 1 is 0.536 bits per heavy atom. The Morgan fingerprint density at radius 3 is 1.81 bits per heavy atom. The molecule has 0 amide bonds. The zero-order chi connectivity index (χ0) is 64.9. The van der Waals surface area contributed by atoms with Crippen LogP contribution in [0, 0.1) is 18.8 Å². The van der Waals surface area contributed by atoms with E-state index in [0.717, 1.165) is 68.8 Å². The predicted molar refractivity (Wildman–Crippen MR) is 351 cm³/mol. The number of pyridine rings is 1. The average molecular weight is 1290 g/mol. The summed E-state index contributed by atoms with van der Waals surface area (Å²) in [4.78, 5) is 9.05. The summed E-state index contributed by atoms with van der Waals surface area (Å²) < 4.78 is 74.7. The van der Waals surface area contributed by atoms with Gasteiger partial charge in [-0.3, -0.25) is 0 Å². The third kappa shape index (κ3) is 10.7. The maximum Gasteiger partial charge on any atom is 0.135 e. The topological polar surface area (TPSA) is 33.5 Å². The van der Waals surface area contributed by atoms with Gasteiger partial charge in [-0.15, -0.1) is 48.1 Å². The molecule has 0 saturated heterocycles. The van der Waals surface area contributed by atoms with Crippen LogP contribution in [0.4, 0.5) is 22.7 Å². The van der Waals surface area contributed by atoms with E-state index in [9.17, 15) is 5.48 Å². The van der Waals surface area contributed by atoms with Gasteiger partial charge < -0.3 is 19.1 Å². The van der Waals surface area contributed by atoms with Crippen molar-refractivity contribution < 1.29 is 35.4 Å². The van der Waals surface area contributed by atoms with Crippen molar-refractivity contribution >= 4 is 44.6 Å². The monoisotopic (exact) mass is 1290 g/mol. The number of anilines is 4. The molecule has 0 N–H and O–H groups in total. The zero-order valence-electron chi connectivity index (χ0n) is 58.6. The van der Waals surface area contributed by atoms with Crippen LogP contribution in [0.1, 0.15) is 167 Å². The largest absolute Gasteiger partial charge is 0.509 e. The smallest absolute Gasteiger partial charge is 0.135 e. The van der Waals surface area contributed by atoms with Crippen LogP contribution in [0.2, 0.25) is 0 Å². The Kier molecular flexibility index (Phi) is 12.6. The van der Waals surface area contributed by atoms with Crippen molar-refractivity contribution in [1.29, 1.82) is 0 Å². The Hall–Kier alpha value is -7.20. The van der Waals surface area contributed by atoms with E-state index in [0.29, 0.717) is 62.0 Å². The number of benzene rings is 8. The van der Waals surface area contributed by atoms with Gasteiger partial charge in [0.25, 0.3) is 0 Å². The van der Waals surface area contributed by atoms with E-state index in [1.807, 2.05) is 48.5 Å². The molecule has 0 saturated carbocycles. The number of hydrogen-bond acceptors (Lipinski definition) is 4. The molecule has 12 rings (SSSR count). The quantitative estimate of drug-likeness (QED) is 0.142. The number of hydrogen-bond donors (Lipinski definition) is 0. The number of fused-ring (bicyclic) bond motifs is 5. The molecule has 2 aromatic heterocycles. The van der Waals surface area contributed by atoms with E-state index in [1.54, 1.807) is 16.8 Å². The van der Waals surface area contributed by atoms with Crippen molar-refractivity contribution in [3.05, 3.63) is 222 Å². The Balaban J connectivity index is 0.00000850. The molecule has 6 heteroatoms. The molecule has 5 nitrogen and oxygen atoms in total. The van der Waals surface area contributed by atoms with Crippen LogP contribution in [-0.4, -0.2) is 9.55 Å². The summed E-state index contributed by atoms with van der Waals surface area (Å²) in [7, 11) is 0. The zero-order valence-corrected chi connectivity index (χ0v) is 53.9. The van der Waals surface area contributed by atoms with Gasteiger partial charge in [-0.2, -0.15) is 12.1 Å². The molecule has 0 unspecified atom stereocenters. The molecule has 432 valence electrons. The van der Waals surface area contributed by atoms with Gasteiger partial charge in [0.05, 0.1) is 9.60 Å². The van der Waals surface area contributed by atoms with Gasteiger partial charge in [0.1, 0.15) is 5.82 Å². The first-order valence-corrected chi connectivity index (χ1v) is 29.3. The maximum absolute atomic E-state index is 10.5. The van der Waals surface area contributed by atoms with Crippen molar-refractivity contribution in [1.82, 2.24) is 9.55 Å². The van der Waals surface area contributed by atoms with Crippen LogP contribution in [0.3, 0.4) is 0 Å². The fourth-order valence-corrected chi connectivity index (χ4v) is 12.0. The number of para-hydroxylation sites is 3. The summed E-state index contributed by atoms with van der Waals surface area (Å²) in [6.45, 7) is 37.3. The minimum Gasteiger partial charge on any atom is -0.509 e. The molecule has 10 aromatic rings. The van der Waals surface area contributed by atoms with Crippen LogP contribution in [0.25, 0.3) is 61.0 Å². The van der Waals surface area contributed by atoms with E-state index in [4.69, 9.17) is 13.8 Å². The summed E-state index contributed by atoms with van der Waals surface area (Å²) in [6.07, 6.45) is 3.43. The van der Waals surface area contributed by atoms with Crippen molar-refractivity contribution in [2.75, 3.05) is 9.80 Å². The van der Waals surface area contributed by atoms with Crippen molar-refractivity contribution in [3.63, 3.8) is 0 Å². The van der Waals surface area contributed by atoms with Crippen LogP contribution in [-0.2, 0) is 53.6 Å². The molecule has 0 fully saturated rings. The number of nitrogens with zero attached hydrogens (tertiary/aromatic N) is 4. The van der Waals surface area contributed by atoms with Crippen molar-refractivity contribution in [2.45, 2.75) is 156 Å². The number of aromatic nitrogens is 2. The summed E-state index contributed by atoms with van der Waals surface area (Å²) in [5.74, 6) is 1.23. The third-order valence-electron chi connectivity index (χ3n) is 17.2. The fourth-order valence-electron chi connectivity index (χ4n) is 12.0. The van der Waals surface area contributed by atoms with Gasteiger partial charge in [-0.25, -0.2) is 4.98 Å². The number of ether oxygens (including phenoxy) is 1. The molecule has 84 heavy (non-hydrogen) atoms. The number of rotatable bonds is 8. The molecule has 0 atom stereocenters. The minimum atomic E-state index is -0.420. The third-order valence-corrected chi connectivity index (χ3v) is 17.2.